The van der Waals surface area contributed by atoms with Crippen LogP contribution in [0.2, 0.25) is 0 Å². The van der Waals surface area contributed by atoms with Gasteiger partial charge in [-0.15, -0.1) is 0 Å². The number of benzene rings is 1. The maximum Gasteiger partial charge on any atom is 0.0991 e. The van der Waals surface area contributed by atoms with Crippen LogP contribution in [-0.4, -0.2) is 48.9 Å². The molecule has 0 radical (unpaired) electrons. The second-order valence-electron chi connectivity index (χ2n) is 6.90. The highest BCUT2D eigenvalue weighted by atomic mass is 16.3. The van der Waals surface area contributed by atoms with Crippen molar-refractivity contribution in [3.8, 4) is 5.69 Å². The number of β-amino-alcohol motifs (C(OH)–C–C–N with tert-alkyl or cyclic N) is 1. The van der Waals surface area contributed by atoms with Crippen molar-refractivity contribution in [3.63, 3.8) is 0 Å². The first kappa shape index (κ1) is 16.1. The normalized spacial score (nSPS) is 21.0. The number of imidazole rings is 1. The van der Waals surface area contributed by atoms with Crippen molar-refractivity contribution in [1.82, 2.24) is 24.6 Å². The van der Waals surface area contributed by atoms with Crippen LogP contribution in [-0.2, 0) is 13.0 Å². The van der Waals surface area contributed by atoms with E-state index in [0.29, 0.717) is 0 Å². The zero-order valence-electron chi connectivity index (χ0n) is 14.3. The van der Waals surface area contributed by atoms with Gasteiger partial charge in [-0.05, 0) is 37.1 Å². The van der Waals surface area contributed by atoms with Crippen LogP contribution in [0.5, 0.6) is 0 Å². The molecule has 1 aromatic carbocycles. The van der Waals surface area contributed by atoms with Gasteiger partial charge >= 0.3 is 0 Å². The van der Waals surface area contributed by atoms with Gasteiger partial charge in [0.05, 0.1) is 18.1 Å². The van der Waals surface area contributed by atoms with E-state index in [-0.39, 0.29) is 12.0 Å². The second-order valence-corrected chi connectivity index (χ2v) is 6.90. The van der Waals surface area contributed by atoms with E-state index in [1.165, 1.54) is 5.56 Å². The van der Waals surface area contributed by atoms with Crippen LogP contribution in [0.3, 0.4) is 0 Å². The minimum absolute atomic E-state index is 0.243. The highest BCUT2D eigenvalue weighted by molar-refractivity contribution is 5.34. The number of aromatic amines is 1. The van der Waals surface area contributed by atoms with E-state index in [4.69, 9.17) is 0 Å². The average Bonchev–Trinajstić information content (AvgIpc) is 3.32. The van der Waals surface area contributed by atoms with Gasteiger partial charge in [-0.1, -0.05) is 12.1 Å². The summed E-state index contributed by atoms with van der Waals surface area (Å²) in [5.74, 6) is 0.243. The highest BCUT2D eigenvalue weighted by Gasteiger charge is 2.31. The third-order valence-electron chi connectivity index (χ3n) is 4.86. The van der Waals surface area contributed by atoms with E-state index in [9.17, 15) is 5.11 Å². The number of aryl methyl sites for hydroxylation is 1. The van der Waals surface area contributed by atoms with Crippen molar-refractivity contribution in [1.29, 1.82) is 0 Å². The van der Waals surface area contributed by atoms with Gasteiger partial charge in [0.1, 0.15) is 0 Å². The molecule has 6 nitrogen and oxygen atoms in total. The molecule has 1 aliphatic heterocycles. The van der Waals surface area contributed by atoms with Crippen LogP contribution in [0.25, 0.3) is 5.69 Å². The lowest BCUT2D eigenvalue weighted by Crippen LogP contribution is -2.21. The molecule has 0 spiro atoms. The standard InChI is InChI=1S/C19H23N5O/c1-14-8-17(22-21-14)9-16-11-23(12-19(16)25)10-15-2-4-18(5-3-15)24-7-6-20-13-24/h2-8,13,16,19,25H,9-12H2,1H3,(H,21,22)/t16-,19+/m1/s1. The van der Waals surface area contributed by atoms with Crippen molar-refractivity contribution in [3.05, 3.63) is 66.0 Å². The molecule has 3 heterocycles. The summed E-state index contributed by atoms with van der Waals surface area (Å²) in [5.41, 5.74) is 4.47. The molecular weight excluding hydrogens is 314 g/mol. The Morgan fingerprint density at radius 2 is 2.08 bits per heavy atom. The molecule has 4 rings (SSSR count). The topological polar surface area (TPSA) is 70.0 Å². The van der Waals surface area contributed by atoms with Gasteiger partial charge in [-0.3, -0.25) is 10.00 Å². The Labute approximate surface area is 147 Å². The van der Waals surface area contributed by atoms with Gasteiger partial charge in [0, 0.05) is 49.3 Å². The SMILES string of the molecule is Cc1cc(C[C@@H]2CN(Cc3ccc(-n4ccnc4)cc3)C[C@@H]2O)n[nH]1. The van der Waals surface area contributed by atoms with Crippen molar-refractivity contribution in [2.45, 2.75) is 26.0 Å². The second kappa shape index (κ2) is 6.82. The number of aliphatic hydroxyl groups is 1. The fourth-order valence-corrected chi connectivity index (χ4v) is 3.56. The lowest BCUT2D eigenvalue weighted by atomic mass is 10.0. The Balaban J connectivity index is 1.37. The Kier molecular flexibility index (Phi) is 4.38. The van der Waals surface area contributed by atoms with Crippen molar-refractivity contribution < 1.29 is 5.11 Å². The largest absolute Gasteiger partial charge is 0.391 e. The first-order chi connectivity index (χ1) is 12.2. The van der Waals surface area contributed by atoms with Crippen LogP contribution >= 0.6 is 0 Å². The molecule has 0 unspecified atom stereocenters. The van der Waals surface area contributed by atoms with Gasteiger partial charge in [-0.2, -0.15) is 5.10 Å². The smallest absolute Gasteiger partial charge is 0.0991 e. The summed E-state index contributed by atoms with van der Waals surface area (Å²) in [6, 6.07) is 10.6. The zero-order chi connectivity index (χ0) is 17.2. The van der Waals surface area contributed by atoms with Crippen LogP contribution in [0.4, 0.5) is 0 Å². The number of H-pyrrole nitrogens is 1. The molecule has 2 atom stereocenters. The van der Waals surface area contributed by atoms with Gasteiger partial charge in [0.25, 0.3) is 0 Å². The molecule has 0 aliphatic carbocycles. The molecule has 25 heavy (non-hydrogen) atoms. The van der Waals surface area contributed by atoms with E-state index < -0.39 is 0 Å². The lowest BCUT2D eigenvalue weighted by molar-refractivity contribution is 0.140. The molecule has 1 saturated heterocycles. The summed E-state index contributed by atoms with van der Waals surface area (Å²) in [5, 5.41) is 17.7. The van der Waals surface area contributed by atoms with Crippen LogP contribution in [0, 0.1) is 12.8 Å². The number of hydrogen-bond donors (Lipinski definition) is 2. The number of aromatic nitrogens is 4. The Hall–Kier alpha value is -2.44. The number of hydrogen-bond acceptors (Lipinski definition) is 4. The van der Waals surface area contributed by atoms with E-state index in [1.807, 2.05) is 17.7 Å². The van der Waals surface area contributed by atoms with Crippen LogP contribution in [0.1, 0.15) is 17.0 Å². The van der Waals surface area contributed by atoms with Crippen molar-refractivity contribution in [2.75, 3.05) is 13.1 Å². The zero-order valence-corrected chi connectivity index (χ0v) is 14.3. The first-order valence-electron chi connectivity index (χ1n) is 8.66. The number of aliphatic hydroxyl groups excluding tert-OH is 1. The maximum atomic E-state index is 10.4. The summed E-state index contributed by atoms with van der Waals surface area (Å²) >= 11 is 0. The molecule has 1 fully saturated rings. The fourth-order valence-electron chi connectivity index (χ4n) is 3.56. The number of nitrogens with zero attached hydrogens (tertiary/aromatic N) is 4. The third kappa shape index (κ3) is 3.65. The molecule has 2 aromatic heterocycles. The van der Waals surface area contributed by atoms with Gasteiger partial charge in [0.15, 0.2) is 0 Å². The molecular formula is C19H23N5O. The molecule has 0 bridgehead atoms. The summed E-state index contributed by atoms with van der Waals surface area (Å²) in [7, 11) is 0. The van der Waals surface area contributed by atoms with Crippen LogP contribution in [0.15, 0.2) is 49.1 Å². The molecule has 2 N–H and O–H groups in total. The summed E-state index contributed by atoms with van der Waals surface area (Å²) < 4.78 is 1.99. The van der Waals surface area contributed by atoms with Gasteiger partial charge < -0.3 is 9.67 Å². The number of rotatable bonds is 5. The van der Waals surface area contributed by atoms with E-state index in [2.05, 4.69) is 50.4 Å². The summed E-state index contributed by atoms with van der Waals surface area (Å²) in [4.78, 5) is 6.40. The maximum absolute atomic E-state index is 10.4. The molecule has 6 heteroatoms. The van der Waals surface area contributed by atoms with E-state index in [0.717, 1.165) is 43.1 Å². The minimum Gasteiger partial charge on any atom is -0.391 e. The third-order valence-corrected chi connectivity index (χ3v) is 4.86. The monoisotopic (exact) mass is 337 g/mol. The predicted octanol–water partition coefficient (Wildman–Crippen LogP) is 1.94. The molecule has 3 aromatic rings. The summed E-state index contributed by atoms with van der Waals surface area (Å²) in [6.07, 6.45) is 6.05. The van der Waals surface area contributed by atoms with Gasteiger partial charge in [-0.25, -0.2) is 4.98 Å². The molecule has 1 aliphatic rings. The Morgan fingerprint density at radius 1 is 1.24 bits per heavy atom. The lowest BCUT2D eigenvalue weighted by Gasteiger charge is -2.15. The number of likely N-dealkylation sites (tertiary alicyclic amines) is 1. The predicted molar refractivity (Wildman–Crippen MR) is 95.4 cm³/mol. The Morgan fingerprint density at radius 3 is 2.76 bits per heavy atom. The van der Waals surface area contributed by atoms with E-state index >= 15 is 0 Å². The molecule has 130 valence electrons. The Bertz CT molecular complexity index is 809. The fraction of sp³-hybridized carbons (Fsp3) is 0.368. The summed E-state index contributed by atoms with van der Waals surface area (Å²) in [6.45, 7) is 4.48. The molecule has 0 amide bonds. The quantitative estimate of drug-likeness (QED) is 0.746. The van der Waals surface area contributed by atoms with E-state index in [1.54, 1.807) is 12.5 Å². The van der Waals surface area contributed by atoms with Crippen molar-refractivity contribution >= 4 is 0 Å². The molecule has 0 saturated carbocycles. The minimum atomic E-state index is -0.290. The van der Waals surface area contributed by atoms with Crippen molar-refractivity contribution in [2.24, 2.45) is 5.92 Å². The van der Waals surface area contributed by atoms with Gasteiger partial charge in [0.2, 0.25) is 0 Å². The number of nitrogens with one attached hydrogen (secondary N) is 1. The van der Waals surface area contributed by atoms with Crippen LogP contribution < -0.4 is 0 Å². The highest BCUT2D eigenvalue weighted by Crippen LogP contribution is 2.23. The average molecular weight is 337 g/mol. The first-order valence-corrected chi connectivity index (χ1v) is 8.66.